The van der Waals surface area contributed by atoms with Gasteiger partial charge in [-0.1, -0.05) is 22.0 Å². The highest BCUT2D eigenvalue weighted by Crippen LogP contribution is 2.36. The Morgan fingerprint density at radius 1 is 1.44 bits per heavy atom. The molecule has 98 valence electrons. The lowest BCUT2D eigenvalue weighted by atomic mass is 10.1. The molecule has 0 unspecified atom stereocenters. The van der Waals surface area contributed by atoms with E-state index in [-0.39, 0.29) is 12.2 Å². The van der Waals surface area contributed by atoms with Gasteiger partial charge < -0.3 is 10.2 Å². The minimum absolute atomic E-state index is 0.0503. The highest BCUT2D eigenvalue weighted by Gasteiger charge is 2.14. The summed E-state index contributed by atoms with van der Waals surface area (Å²) in [5.74, 6) is -0.729. The lowest BCUT2D eigenvalue weighted by molar-refractivity contribution is -0.124. The maximum Gasteiger partial charge on any atom is 0.267 e. The molecule has 0 aliphatic carbocycles. The van der Waals surface area contributed by atoms with E-state index in [0.29, 0.717) is 14.5 Å². The number of hydroxylamine groups is 1. The molecule has 0 radical (unpaired) electrons. The number of aromatic hydroxyl groups is 1. The summed E-state index contributed by atoms with van der Waals surface area (Å²) >= 11 is 6.41. The zero-order valence-electron chi connectivity index (χ0n) is 9.10. The third-order valence-corrected chi connectivity index (χ3v) is 3.22. The van der Waals surface area contributed by atoms with Gasteiger partial charge in [-0.05, 0) is 34.5 Å². The fourth-order valence-corrected chi connectivity index (χ4v) is 2.57. The Kier molecular flexibility index (Phi) is 5.80. The Labute approximate surface area is 120 Å². The van der Waals surface area contributed by atoms with Gasteiger partial charge in [0.05, 0.1) is 10.6 Å². The molecule has 5 nitrogen and oxygen atoms in total. The lowest BCUT2D eigenvalue weighted by Gasteiger charge is -2.12. The molecular formula is C11H11Br2NO4. The molecule has 1 aromatic carbocycles. The minimum atomic E-state index is -0.957. The normalized spacial score (nSPS) is 12.7. The minimum Gasteiger partial charge on any atom is -0.506 e. The van der Waals surface area contributed by atoms with Gasteiger partial charge in [-0.25, -0.2) is 5.48 Å². The topological polar surface area (TPSA) is 89.8 Å². The van der Waals surface area contributed by atoms with Crippen molar-refractivity contribution in [3.63, 3.8) is 0 Å². The van der Waals surface area contributed by atoms with Gasteiger partial charge in [0, 0.05) is 16.1 Å². The smallest absolute Gasteiger partial charge is 0.267 e. The average molecular weight is 381 g/mol. The van der Waals surface area contributed by atoms with Gasteiger partial charge in [0.1, 0.15) is 5.75 Å². The number of hydrogen-bond acceptors (Lipinski definition) is 4. The number of carbonyl (C=O) groups excluding carboxylic acids is 1. The number of nitrogens with one attached hydrogen (secondary N) is 1. The van der Waals surface area contributed by atoms with Crippen molar-refractivity contribution in [3.8, 4) is 5.75 Å². The fraction of sp³-hybridized carbons (Fsp3) is 0.182. The summed E-state index contributed by atoms with van der Waals surface area (Å²) in [5, 5.41) is 27.9. The van der Waals surface area contributed by atoms with E-state index in [0.717, 1.165) is 6.08 Å². The second kappa shape index (κ2) is 6.89. The first-order valence-electron chi connectivity index (χ1n) is 4.92. The van der Waals surface area contributed by atoms with E-state index in [1.807, 2.05) is 0 Å². The molecule has 4 N–H and O–H groups in total. The van der Waals surface area contributed by atoms with Crippen LogP contribution in [0, 0.1) is 0 Å². The molecule has 0 heterocycles. The number of rotatable bonds is 4. The predicted molar refractivity (Wildman–Crippen MR) is 72.2 cm³/mol. The summed E-state index contributed by atoms with van der Waals surface area (Å²) in [7, 11) is 0. The number of benzene rings is 1. The van der Waals surface area contributed by atoms with Gasteiger partial charge in [0.2, 0.25) is 0 Å². The Hall–Kier alpha value is -0.890. The Morgan fingerprint density at radius 2 is 2.11 bits per heavy atom. The largest absolute Gasteiger partial charge is 0.506 e. The standard InChI is InChI=1S/C11H11Br2NO4/c12-6-4-7(11(17)8(13)5-6)9(15)2-1-3-10(16)14-18/h1,3-5,9,15,17-18H,2H2,(H,14,16)/b3-1+/t9-/m1/s1. The van der Waals surface area contributed by atoms with Crippen molar-refractivity contribution in [1.29, 1.82) is 0 Å². The van der Waals surface area contributed by atoms with Crippen molar-refractivity contribution in [2.75, 3.05) is 0 Å². The Balaban J connectivity index is 2.81. The first-order chi connectivity index (χ1) is 8.45. The van der Waals surface area contributed by atoms with E-state index in [1.165, 1.54) is 11.6 Å². The number of aliphatic hydroxyl groups is 1. The summed E-state index contributed by atoms with van der Waals surface area (Å²) < 4.78 is 1.17. The van der Waals surface area contributed by atoms with Crippen LogP contribution >= 0.6 is 31.9 Å². The van der Waals surface area contributed by atoms with Gasteiger partial charge in [-0.15, -0.1) is 0 Å². The fourth-order valence-electron chi connectivity index (χ4n) is 1.31. The number of halogens is 2. The van der Waals surface area contributed by atoms with Crippen molar-refractivity contribution >= 4 is 37.8 Å². The number of carbonyl (C=O) groups is 1. The number of phenols is 1. The molecule has 1 atom stereocenters. The highest BCUT2D eigenvalue weighted by molar-refractivity contribution is 9.11. The van der Waals surface area contributed by atoms with Gasteiger partial charge in [-0.3, -0.25) is 10.0 Å². The molecular weight excluding hydrogens is 370 g/mol. The molecule has 0 saturated carbocycles. The number of phenolic OH excluding ortho intramolecular Hbond substituents is 1. The van der Waals surface area contributed by atoms with Crippen molar-refractivity contribution in [1.82, 2.24) is 5.48 Å². The quantitative estimate of drug-likeness (QED) is 0.367. The van der Waals surface area contributed by atoms with Crippen LogP contribution in [-0.2, 0) is 4.79 Å². The van der Waals surface area contributed by atoms with Crippen LogP contribution in [0.15, 0.2) is 33.2 Å². The van der Waals surface area contributed by atoms with Crippen molar-refractivity contribution in [3.05, 3.63) is 38.8 Å². The molecule has 0 aliphatic heterocycles. The molecule has 1 amide bonds. The van der Waals surface area contributed by atoms with Gasteiger partial charge >= 0.3 is 0 Å². The molecule has 18 heavy (non-hydrogen) atoms. The summed E-state index contributed by atoms with van der Waals surface area (Å²) in [6.45, 7) is 0. The van der Waals surface area contributed by atoms with Gasteiger partial charge in [0.15, 0.2) is 0 Å². The summed E-state index contributed by atoms with van der Waals surface area (Å²) in [6, 6.07) is 3.24. The summed E-state index contributed by atoms with van der Waals surface area (Å²) in [4.78, 5) is 10.7. The van der Waals surface area contributed by atoms with Crippen LogP contribution in [0.2, 0.25) is 0 Å². The Bertz CT molecular complexity index is 476. The molecule has 1 rings (SSSR count). The number of amides is 1. The zero-order valence-corrected chi connectivity index (χ0v) is 12.3. The lowest BCUT2D eigenvalue weighted by Crippen LogP contribution is -2.15. The first kappa shape index (κ1) is 15.2. The van der Waals surface area contributed by atoms with E-state index in [1.54, 1.807) is 12.1 Å². The molecule has 0 spiro atoms. The molecule has 0 saturated heterocycles. The number of hydrogen-bond donors (Lipinski definition) is 4. The highest BCUT2D eigenvalue weighted by atomic mass is 79.9. The molecule has 0 aliphatic rings. The van der Waals surface area contributed by atoms with Crippen LogP contribution in [0.25, 0.3) is 0 Å². The molecule has 0 aromatic heterocycles. The third kappa shape index (κ3) is 4.09. The van der Waals surface area contributed by atoms with Crippen molar-refractivity contribution < 1.29 is 20.2 Å². The molecule has 1 aromatic rings. The van der Waals surface area contributed by atoms with E-state index in [4.69, 9.17) is 5.21 Å². The van der Waals surface area contributed by atoms with E-state index in [2.05, 4.69) is 31.9 Å². The van der Waals surface area contributed by atoms with Gasteiger partial charge in [-0.2, -0.15) is 0 Å². The first-order valence-corrected chi connectivity index (χ1v) is 6.51. The van der Waals surface area contributed by atoms with Crippen molar-refractivity contribution in [2.24, 2.45) is 0 Å². The monoisotopic (exact) mass is 379 g/mol. The molecule has 0 fully saturated rings. The predicted octanol–water partition coefficient (Wildman–Crippen LogP) is 2.40. The maximum atomic E-state index is 10.7. The van der Waals surface area contributed by atoms with Crippen molar-refractivity contribution in [2.45, 2.75) is 12.5 Å². The number of aliphatic hydroxyl groups excluding tert-OH is 1. The van der Waals surface area contributed by atoms with E-state index in [9.17, 15) is 15.0 Å². The summed E-state index contributed by atoms with van der Waals surface area (Å²) in [6.07, 6.45) is 1.66. The van der Waals surface area contributed by atoms with Crippen LogP contribution < -0.4 is 5.48 Å². The molecule has 0 bridgehead atoms. The van der Waals surface area contributed by atoms with E-state index >= 15 is 0 Å². The SMILES string of the molecule is O=C(/C=C/C[C@@H](O)c1cc(Br)cc(Br)c1O)NO. The second-order valence-corrected chi connectivity index (χ2v) is 5.23. The summed E-state index contributed by atoms with van der Waals surface area (Å²) in [5.41, 5.74) is 1.77. The molecule has 7 heteroatoms. The van der Waals surface area contributed by atoms with E-state index < -0.39 is 12.0 Å². The van der Waals surface area contributed by atoms with Crippen LogP contribution in [0.5, 0.6) is 5.75 Å². The third-order valence-electron chi connectivity index (χ3n) is 2.16. The van der Waals surface area contributed by atoms with Crippen LogP contribution in [0.1, 0.15) is 18.1 Å². The van der Waals surface area contributed by atoms with Crippen LogP contribution in [0.3, 0.4) is 0 Å². The average Bonchev–Trinajstić information content (AvgIpc) is 2.33. The van der Waals surface area contributed by atoms with Crippen LogP contribution in [0.4, 0.5) is 0 Å². The zero-order chi connectivity index (χ0) is 13.7. The van der Waals surface area contributed by atoms with Crippen LogP contribution in [-0.4, -0.2) is 21.3 Å². The van der Waals surface area contributed by atoms with Gasteiger partial charge in [0.25, 0.3) is 5.91 Å². The second-order valence-electron chi connectivity index (χ2n) is 3.46. The maximum absolute atomic E-state index is 10.7. The Morgan fingerprint density at radius 3 is 2.72 bits per heavy atom.